The van der Waals surface area contributed by atoms with Crippen molar-refractivity contribution in [3.63, 3.8) is 0 Å². The Hall–Kier alpha value is -3.62. The fourth-order valence-electron chi connectivity index (χ4n) is 4.40. The number of carbonyl (C=O) groups excluding carboxylic acids is 1. The van der Waals surface area contributed by atoms with Crippen LogP contribution in [0.4, 0.5) is 20.2 Å². The summed E-state index contributed by atoms with van der Waals surface area (Å²) in [6, 6.07) is 3.52. The second-order valence-corrected chi connectivity index (χ2v) is 10.9. The molecule has 3 N–H and O–H groups in total. The van der Waals surface area contributed by atoms with Crippen molar-refractivity contribution in [3.05, 3.63) is 53.4 Å². The number of carboxylic acid groups (broad SMARTS) is 1. The minimum absolute atomic E-state index is 0.0000643. The molecule has 0 aliphatic carbocycles. The standard InChI is InChI=1S/C25H29F2N5O6S/c1-2-11-39(36,37)30-20-4-3-19(26)22(23(20)27)24(35)18-14-29-25-17(18)12-16(13-28-25)32-7-5-31(6-8-32)9-10-38-15-21(33)34/h3-4,12-14,30H,2,5-11,15H2,1H3,(H,28,29)(H,33,34). The molecular formula is C25H29F2N5O6S. The molecule has 2 aromatic heterocycles. The van der Waals surface area contributed by atoms with Crippen LogP contribution in [0, 0.1) is 11.6 Å². The van der Waals surface area contributed by atoms with E-state index in [0.717, 1.165) is 17.8 Å². The Kier molecular flexibility index (Phi) is 8.77. The van der Waals surface area contributed by atoms with Gasteiger partial charge in [-0.25, -0.2) is 27.0 Å². The zero-order valence-corrected chi connectivity index (χ0v) is 22.1. The van der Waals surface area contributed by atoms with Gasteiger partial charge in [0, 0.05) is 49.9 Å². The van der Waals surface area contributed by atoms with Crippen LogP contribution in [0.3, 0.4) is 0 Å². The predicted octanol–water partition coefficient (Wildman–Crippen LogP) is 2.45. The van der Waals surface area contributed by atoms with Crippen molar-refractivity contribution in [2.45, 2.75) is 13.3 Å². The molecule has 0 radical (unpaired) electrons. The molecule has 0 spiro atoms. The van der Waals surface area contributed by atoms with E-state index in [9.17, 15) is 22.4 Å². The van der Waals surface area contributed by atoms with E-state index in [1.165, 1.54) is 6.20 Å². The number of benzene rings is 1. The van der Waals surface area contributed by atoms with E-state index < -0.39 is 44.7 Å². The molecule has 0 unspecified atom stereocenters. The molecule has 1 aliphatic heterocycles. The van der Waals surface area contributed by atoms with Gasteiger partial charge in [0.1, 0.15) is 18.1 Å². The number of nitrogens with one attached hydrogen (secondary N) is 2. The summed E-state index contributed by atoms with van der Waals surface area (Å²) in [4.78, 5) is 35.3. The van der Waals surface area contributed by atoms with Crippen molar-refractivity contribution in [1.82, 2.24) is 14.9 Å². The molecule has 1 fully saturated rings. The zero-order chi connectivity index (χ0) is 28.2. The van der Waals surface area contributed by atoms with Gasteiger partial charge in [-0.3, -0.25) is 14.4 Å². The van der Waals surface area contributed by atoms with Crippen LogP contribution >= 0.6 is 0 Å². The molecule has 1 aliphatic rings. The lowest BCUT2D eigenvalue weighted by Crippen LogP contribution is -2.47. The summed E-state index contributed by atoms with van der Waals surface area (Å²) in [6.07, 6.45) is 3.26. The average Bonchev–Trinajstić information content (AvgIpc) is 3.32. The highest BCUT2D eigenvalue weighted by atomic mass is 32.2. The molecule has 4 rings (SSSR count). The Morgan fingerprint density at radius 1 is 1.21 bits per heavy atom. The second-order valence-electron chi connectivity index (χ2n) is 9.10. The maximum Gasteiger partial charge on any atom is 0.329 e. The molecule has 11 nitrogen and oxygen atoms in total. The summed E-state index contributed by atoms with van der Waals surface area (Å²) >= 11 is 0. The third-order valence-electron chi connectivity index (χ3n) is 6.33. The van der Waals surface area contributed by atoms with Gasteiger partial charge in [-0.1, -0.05) is 6.92 Å². The van der Waals surface area contributed by atoms with Crippen molar-refractivity contribution < 1.29 is 36.6 Å². The quantitative estimate of drug-likeness (QED) is 0.223. The first kappa shape index (κ1) is 28.4. The molecule has 3 aromatic rings. The fraction of sp³-hybridized carbons (Fsp3) is 0.400. The number of ketones is 1. The van der Waals surface area contributed by atoms with Gasteiger partial charge in [0.15, 0.2) is 5.82 Å². The number of carboxylic acids is 1. The summed E-state index contributed by atoms with van der Waals surface area (Å²) in [6.45, 7) is 4.90. The maximum atomic E-state index is 15.2. The lowest BCUT2D eigenvalue weighted by atomic mass is 10.0. The van der Waals surface area contributed by atoms with Gasteiger partial charge >= 0.3 is 5.97 Å². The highest BCUT2D eigenvalue weighted by Gasteiger charge is 2.26. The highest BCUT2D eigenvalue weighted by Crippen LogP contribution is 2.29. The van der Waals surface area contributed by atoms with Crippen molar-refractivity contribution in [1.29, 1.82) is 0 Å². The van der Waals surface area contributed by atoms with E-state index in [1.807, 2.05) is 0 Å². The lowest BCUT2D eigenvalue weighted by Gasteiger charge is -2.35. The minimum Gasteiger partial charge on any atom is -0.480 e. The summed E-state index contributed by atoms with van der Waals surface area (Å²) in [5.74, 6) is -4.62. The van der Waals surface area contributed by atoms with Crippen LogP contribution in [0.1, 0.15) is 29.3 Å². The van der Waals surface area contributed by atoms with E-state index in [4.69, 9.17) is 9.84 Å². The zero-order valence-electron chi connectivity index (χ0n) is 21.2. The van der Waals surface area contributed by atoms with Crippen molar-refractivity contribution in [3.8, 4) is 0 Å². The van der Waals surface area contributed by atoms with E-state index in [1.54, 1.807) is 19.2 Å². The van der Waals surface area contributed by atoms with Crippen molar-refractivity contribution >= 4 is 44.2 Å². The van der Waals surface area contributed by atoms with Crippen LogP contribution in [0.2, 0.25) is 0 Å². The first-order valence-corrected chi connectivity index (χ1v) is 14.0. The number of sulfonamides is 1. The third kappa shape index (κ3) is 6.69. The minimum atomic E-state index is -3.86. The second kappa shape index (κ2) is 12.1. The van der Waals surface area contributed by atoms with E-state index in [2.05, 4.69) is 24.5 Å². The normalized spacial score (nSPS) is 14.6. The number of ether oxygens (including phenoxy) is 1. The van der Waals surface area contributed by atoms with E-state index >= 15 is 4.39 Å². The number of hydrogen-bond donors (Lipinski definition) is 3. The molecule has 1 saturated heterocycles. The number of halogens is 2. The van der Waals surface area contributed by atoms with E-state index in [0.29, 0.717) is 56.8 Å². The molecule has 3 heterocycles. The molecule has 0 atom stereocenters. The lowest BCUT2D eigenvalue weighted by molar-refractivity contribution is -0.142. The smallest absolute Gasteiger partial charge is 0.329 e. The summed E-state index contributed by atoms with van der Waals surface area (Å²) < 4.78 is 61.3. The molecule has 39 heavy (non-hydrogen) atoms. The van der Waals surface area contributed by atoms with Crippen LogP contribution in [0.25, 0.3) is 11.0 Å². The van der Waals surface area contributed by atoms with E-state index in [-0.39, 0.29) is 17.9 Å². The first-order valence-electron chi connectivity index (χ1n) is 12.4. The number of pyridine rings is 1. The number of carbonyl (C=O) groups is 2. The van der Waals surface area contributed by atoms with Crippen LogP contribution in [0.5, 0.6) is 0 Å². The molecule has 0 amide bonds. The number of H-pyrrole nitrogens is 1. The Labute approximate surface area is 223 Å². The Morgan fingerprint density at radius 2 is 1.95 bits per heavy atom. The van der Waals surface area contributed by atoms with Gasteiger partial charge in [-0.2, -0.15) is 0 Å². The SMILES string of the molecule is CCCS(=O)(=O)Nc1ccc(F)c(C(=O)c2c[nH]c3ncc(N4CCN(CCOCC(=O)O)CC4)cc23)c1F. The number of aliphatic carboxylic acids is 1. The van der Waals surface area contributed by atoms with Gasteiger partial charge in [-0.15, -0.1) is 0 Å². The van der Waals surface area contributed by atoms with Crippen molar-refractivity contribution in [2.75, 3.05) is 61.3 Å². The van der Waals surface area contributed by atoms with Gasteiger partial charge in [-0.05, 0) is 24.6 Å². The van der Waals surface area contributed by atoms with Crippen LogP contribution in [-0.2, 0) is 19.6 Å². The maximum absolute atomic E-state index is 15.2. The van der Waals surface area contributed by atoms with Gasteiger partial charge < -0.3 is 19.7 Å². The highest BCUT2D eigenvalue weighted by molar-refractivity contribution is 7.92. The third-order valence-corrected chi connectivity index (χ3v) is 7.81. The largest absolute Gasteiger partial charge is 0.480 e. The molecule has 1 aromatic carbocycles. The predicted molar refractivity (Wildman–Crippen MR) is 141 cm³/mol. The van der Waals surface area contributed by atoms with Gasteiger partial charge in [0.05, 0.1) is 35.5 Å². The van der Waals surface area contributed by atoms with Crippen molar-refractivity contribution in [2.24, 2.45) is 0 Å². The van der Waals surface area contributed by atoms with Gasteiger partial charge in [0.2, 0.25) is 15.8 Å². The average molecular weight is 566 g/mol. The molecular weight excluding hydrogens is 536 g/mol. The van der Waals surface area contributed by atoms with Crippen LogP contribution < -0.4 is 9.62 Å². The topological polar surface area (TPSA) is 145 Å². The van der Waals surface area contributed by atoms with Gasteiger partial charge in [0.25, 0.3) is 0 Å². The number of aromatic amines is 1. The molecule has 210 valence electrons. The van der Waals surface area contributed by atoms with Crippen LogP contribution in [-0.4, -0.2) is 91.8 Å². The number of fused-ring (bicyclic) bond motifs is 1. The van der Waals surface area contributed by atoms with Crippen LogP contribution in [0.15, 0.2) is 30.6 Å². The number of piperazine rings is 1. The summed E-state index contributed by atoms with van der Waals surface area (Å²) in [5, 5.41) is 9.02. The molecule has 14 heteroatoms. The monoisotopic (exact) mass is 565 g/mol. The number of hydrogen-bond acceptors (Lipinski definition) is 8. The Morgan fingerprint density at radius 3 is 2.64 bits per heavy atom. The fourth-order valence-corrected chi connectivity index (χ4v) is 5.53. The Bertz CT molecular complexity index is 1470. The number of aromatic nitrogens is 2. The molecule has 0 bridgehead atoms. The Balaban J connectivity index is 1.52. The summed E-state index contributed by atoms with van der Waals surface area (Å²) in [7, 11) is -3.86. The number of anilines is 2. The number of rotatable bonds is 12. The summed E-state index contributed by atoms with van der Waals surface area (Å²) in [5.41, 5.74) is -0.286. The molecule has 0 saturated carbocycles. The number of nitrogens with zero attached hydrogens (tertiary/aromatic N) is 3. The first-order chi connectivity index (χ1) is 18.6.